The van der Waals surface area contributed by atoms with E-state index in [-0.39, 0.29) is 43.1 Å². The summed E-state index contributed by atoms with van der Waals surface area (Å²) in [5.41, 5.74) is 2.71. The molecule has 0 unspecified atom stereocenters. The second kappa shape index (κ2) is 15.3. The van der Waals surface area contributed by atoms with Crippen LogP contribution < -0.4 is 25.4 Å². The van der Waals surface area contributed by atoms with Crippen molar-refractivity contribution in [1.29, 1.82) is 0 Å². The molecule has 0 fully saturated rings. The second-order valence-electron chi connectivity index (χ2n) is 6.71. The molecule has 0 heterocycles. The Morgan fingerprint density at radius 1 is 1.09 bits per heavy atom. The van der Waals surface area contributed by atoms with E-state index in [2.05, 4.69) is 20.9 Å². The molecule has 32 heavy (non-hydrogen) atoms. The zero-order valence-corrected chi connectivity index (χ0v) is 21.1. The molecule has 0 bridgehead atoms. The number of aliphatic hydroxyl groups excluding tert-OH is 1. The standard InChI is InChI=1S/C23H32N4O4.HI/c1-4-25-23(26-11-10-17-6-5-7-19(14-17)22(29)24-2)27-16-18-8-9-20(31-13-12-28)21(15-18)30-3;/h5-9,14-15,28H,4,10-13,16H2,1-3H3,(H,24,29)(H2,25,26,27);1H. The van der Waals surface area contributed by atoms with Crippen LogP contribution in [0.1, 0.15) is 28.4 Å². The van der Waals surface area contributed by atoms with Crippen LogP contribution >= 0.6 is 24.0 Å². The average Bonchev–Trinajstić information content (AvgIpc) is 2.81. The Labute approximate surface area is 206 Å². The van der Waals surface area contributed by atoms with Gasteiger partial charge in [0.1, 0.15) is 6.61 Å². The molecule has 0 aromatic heterocycles. The van der Waals surface area contributed by atoms with Crippen LogP contribution in [0.2, 0.25) is 0 Å². The summed E-state index contributed by atoms with van der Waals surface area (Å²) in [7, 11) is 3.21. The fourth-order valence-electron chi connectivity index (χ4n) is 2.93. The van der Waals surface area contributed by atoms with Gasteiger partial charge in [-0.15, -0.1) is 24.0 Å². The number of halogens is 1. The highest BCUT2D eigenvalue weighted by atomic mass is 127. The molecule has 176 valence electrons. The Bertz CT molecular complexity index is 877. The molecule has 0 atom stereocenters. The molecule has 0 radical (unpaired) electrons. The van der Waals surface area contributed by atoms with Gasteiger partial charge in [0, 0.05) is 25.7 Å². The molecule has 0 spiro atoms. The summed E-state index contributed by atoms with van der Waals surface area (Å²) >= 11 is 0. The van der Waals surface area contributed by atoms with E-state index in [0.29, 0.717) is 36.1 Å². The minimum atomic E-state index is -0.0899. The fraction of sp³-hybridized carbons (Fsp3) is 0.391. The highest BCUT2D eigenvalue weighted by Gasteiger charge is 2.07. The number of ether oxygens (including phenoxy) is 2. The molecule has 2 aromatic carbocycles. The van der Waals surface area contributed by atoms with E-state index in [1.54, 1.807) is 20.2 Å². The van der Waals surface area contributed by atoms with E-state index in [1.165, 1.54) is 0 Å². The average molecular weight is 556 g/mol. The molecular formula is C23H33IN4O4. The number of carbonyl (C=O) groups excluding carboxylic acids is 1. The van der Waals surface area contributed by atoms with Gasteiger partial charge < -0.3 is 30.5 Å². The Hall–Kier alpha value is -2.53. The number of amides is 1. The van der Waals surface area contributed by atoms with E-state index in [4.69, 9.17) is 14.6 Å². The maximum absolute atomic E-state index is 11.8. The predicted molar refractivity (Wildman–Crippen MR) is 137 cm³/mol. The van der Waals surface area contributed by atoms with Gasteiger partial charge >= 0.3 is 0 Å². The third-order valence-electron chi connectivity index (χ3n) is 4.46. The van der Waals surface area contributed by atoms with Crippen LogP contribution in [0, 0.1) is 0 Å². The Morgan fingerprint density at radius 2 is 1.91 bits per heavy atom. The molecule has 0 saturated carbocycles. The fourth-order valence-corrected chi connectivity index (χ4v) is 2.93. The number of rotatable bonds is 11. The van der Waals surface area contributed by atoms with Crippen molar-refractivity contribution < 1.29 is 19.4 Å². The first kappa shape index (κ1) is 27.5. The van der Waals surface area contributed by atoms with Gasteiger partial charge in [0.2, 0.25) is 0 Å². The van der Waals surface area contributed by atoms with Crippen molar-refractivity contribution in [2.45, 2.75) is 19.9 Å². The number of nitrogens with zero attached hydrogens (tertiary/aromatic N) is 1. The summed E-state index contributed by atoms with van der Waals surface area (Å²) in [4.78, 5) is 16.4. The van der Waals surface area contributed by atoms with Crippen molar-refractivity contribution in [2.24, 2.45) is 4.99 Å². The lowest BCUT2D eigenvalue weighted by atomic mass is 10.1. The molecule has 8 nitrogen and oxygen atoms in total. The summed E-state index contributed by atoms with van der Waals surface area (Å²) in [5.74, 6) is 1.82. The molecule has 0 saturated heterocycles. The smallest absolute Gasteiger partial charge is 0.251 e. The monoisotopic (exact) mass is 556 g/mol. The lowest BCUT2D eigenvalue weighted by molar-refractivity contribution is 0.0963. The van der Waals surface area contributed by atoms with Crippen LogP contribution in [-0.2, 0) is 13.0 Å². The van der Waals surface area contributed by atoms with E-state index in [0.717, 1.165) is 24.1 Å². The number of nitrogens with one attached hydrogen (secondary N) is 3. The SMILES string of the molecule is CCNC(=NCc1ccc(OCCO)c(OC)c1)NCCc1cccc(C(=O)NC)c1.I. The third-order valence-corrected chi connectivity index (χ3v) is 4.46. The van der Waals surface area contributed by atoms with Gasteiger partial charge in [-0.2, -0.15) is 0 Å². The molecule has 0 aliphatic carbocycles. The highest BCUT2D eigenvalue weighted by molar-refractivity contribution is 14.0. The number of aliphatic imine (C=N–C) groups is 1. The minimum Gasteiger partial charge on any atom is -0.493 e. The number of hydrogen-bond acceptors (Lipinski definition) is 5. The Morgan fingerprint density at radius 3 is 2.59 bits per heavy atom. The van der Waals surface area contributed by atoms with E-state index in [9.17, 15) is 4.79 Å². The van der Waals surface area contributed by atoms with Crippen LogP contribution in [0.3, 0.4) is 0 Å². The van der Waals surface area contributed by atoms with Crippen molar-refractivity contribution in [3.05, 3.63) is 59.2 Å². The molecule has 2 rings (SSSR count). The van der Waals surface area contributed by atoms with Crippen molar-refractivity contribution >= 4 is 35.8 Å². The molecule has 0 aliphatic heterocycles. The van der Waals surface area contributed by atoms with Crippen LogP contribution in [0.5, 0.6) is 11.5 Å². The zero-order valence-electron chi connectivity index (χ0n) is 18.8. The lowest BCUT2D eigenvalue weighted by Crippen LogP contribution is -2.38. The van der Waals surface area contributed by atoms with Crippen molar-refractivity contribution in [3.63, 3.8) is 0 Å². The van der Waals surface area contributed by atoms with Gasteiger partial charge in [0.15, 0.2) is 17.5 Å². The van der Waals surface area contributed by atoms with Crippen LogP contribution in [-0.4, -0.2) is 57.4 Å². The largest absolute Gasteiger partial charge is 0.493 e. The Kier molecular flexibility index (Phi) is 13.2. The van der Waals surface area contributed by atoms with Crippen LogP contribution in [0.15, 0.2) is 47.5 Å². The van der Waals surface area contributed by atoms with Gasteiger partial charge in [-0.05, 0) is 48.7 Å². The minimum absolute atomic E-state index is 0. The van der Waals surface area contributed by atoms with Crippen LogP contribution in [0.25, 0.3) is 0 Å². The summed E-state index contributed by atoms with van der Waals surface area (Å²) in [6.45, 7) is 4.07. The molecule has 9 heteroatoms. The first-order valence-corrected chi connectivity index (χ1v) is 10.3. The van der Waals surface area contributed by atoms with Gasteiger partial charge in [-0.1, -0.05) is 18.2 Å². The maximum atomic E-state index is 11.8. The number of carbonyl (C=O) groups is 1. The summed E-state index contributed by atoms with van der Waals surface area (Å²) in [6.07, 6.45) is 0.764. The number of benzene rings is 2. The number of methoxy groups -OCH3 is 1. The van der Waals surface area contributed by atoms with E-state index >= 15 is 0 Å². The van der Waals surface area contributed by atoms with Gasteiger partial charge in [-0.25, -0.2) is 4.99 Å². The van der Waals surface area contributed by atoms with Crippen molar-refractivity contribution in [3.8, 4) is 11.5 Å². The van der Waals surface area contributed by atoms with Crippen molar-refractivity contribution in [2.75, 3.05) is 40.5 Å². The maximum Gasteiger partial charge on any atom is 0.251 e. The normalized spacial score (nSPS) is 10.7. The first-order chi connectivity index (χ1) is 15.1. The Balaban J connectivity index is 0.00000512. The third kappa shape index (κ3) is 8.91. The summed E-state index contributed by atoms with van der Waals surface area (Å²) < 4.78 is 10.8. The topological polar surface area (TPSA) is 104 Å². The first-order valence-electron chi connectivity index (χ1n) is 10.3. The quantitative estimate of drug-likeness (QED) is 0.193. The predicted octanol–water partition coefficient (Wildman–Crippen LogP) is 2.34. The second-order valence-corrected chi connectivity index (χ2v) is 6.71. The van der Waals surface area contributed by atoms with Crippen LogP contribution in [0.4, 0.5) is 0 Å². The molecule has 0 aliphatic rings. The molecule has 4 N–H and O–H groups in total. The highest BCUT2D eigenvalue weighted by Crippen LogP contribution is 2.28. The number of hydrogen-bond donors (Lipinski definition) is 4. The van der Waals surface area contributed by atoms with Gasteiger partial charge in [0.25, 0.3) is 5.91 Å². The van der Waals surface area contributed by atoms with Gasteiger partial charge in [-0.3, -0.25) is 4.79 Å². The molecule has 2 aromatic rings. The number of guanidine groups is 1. The van der Waals surface area contributed by atoms with E-state index < -0.39 is 0 Å². The summed E-state index contributed by atoms with van der Waals surface area (Å²) in [6, 6.07) is 13.2. The molecule has 1 amide bonds. The zero-order chi connectivity index (χ0) is 22.5. The summed E-state index contributed by atoms with van der Waals surface area (Å²) in [5, 5.41) is 18.1. The van der Waals surface area contributed by atoms with Gasteiger partial charge in [0.05, 0.1) is 20.3 Å². The van der Waals surface area contributed by atoms with Crippen molar-refractivity contribution in [1.82, 2.24) is 16.0 Å². The molecular weight excluding hydrogens is 523 g/mol. The number of aliphatic hydroxyl groups is 1. The van der Waals surface area contributed by atoms with E-state index in [1.807, 2.05) is 43.3 Å². The lowest BCUT2D eigenvalue weighted by Gasteiger charge is -2.13.